The lowest BCUT2D eigenvalue weighted by Gasteiger charge is -2.11. The lowest BCUT2D eigenvalue weighted by molar-refractivity contribution is 0.628. The van der Waals surface area contributed by atoms with E-state index in [1.165, 1.54) is 12.1 Å². The summed E-state index contributed by atoms with van der Waals surface area (Å²) in [6.07, 6.45) is 0.379. The summed E-state index contributed by atoms with van der Waals surface area (Å²) in [4.78, 5) is 0. The van der Waals surface area contributed by atoms with E-state index in [1.54, 1.807) is 6.07 Å². The van der Waals surface area contributed by atoms with Crippen LogP contribution < -0.4 is 5.32 Å². The Kier molecular flexibility index (Phi) is 3.73. The molecule has 0 aliphatic heterocycles. The largest absolute Gasteiger partial charge is 0.381 e. The number of nitrogens with zero attached hydrogens (tertiary/aromatic N) is 1. The van der Waals surface area contributed by atoms with Crippen molar-refractivity contribution in [3.63, 3.8) is 0 Å². The van der Waals surface area contributed by atoms with Crippen molar-refractivity contribution in [1.82, 2.24) is 0 Å². The first-order chi connectivity index (χ1) is 6.63. The molecule has 14 heavy (non-hydrogen) atoms. The van der Waals surface area contributed by atoms with Crippen molar-refractivity contribution in [3.05, 3.63) is 29.0 Å². The first kappa shape index (κ1) is 10.8. The van der Waals surface area contributed by atoms with Gasteiger partial charge in [0.25, 0.3) is 0 Å². The Morgan fingerprint density at radius 3 is 2.93 bits per heavy atom. The molecule has 1 unspecified atom stereocenters. The third-order valence-electron chi connectivity index (χ3n) is 1.73. The summed E-state index contributed by atoms with van der Waals surface area (Å²) in [5.41, 5.74) is 0.634. The average Bonchev–Trinajstić information content (AvgIpc) is 2.12. The van der Waals surface area contributed by atoms with Crippen molar-refractivity contribution in [3.8, 4) is 6.07 Å². The van der Waals surface area contributed by atoms with Crippen molar-refractivity contribution in [2.75, 3.05) is 5.32 Å². The Morgan fingerprint density at radius 2 is 2.36 bits per heavy atom. The van der Waals surface area contributed by atoms with Crippen LogP contribution in [0.3, 0.4) is 0 Å². The van der Waals surface area contributed by atoms with Crippen LogP contribution in [0, 0.1) is 17.1 Å². The maximum Gasteiger partial charge on any atom is 0.143 e. The molecule has 0 bridgehead atoms. The second kappa shape index (κ2) is 4.83. The molecule has 4 heteroatoms. The molecule has 0 saturated heterocycles. The number of nitriles is 1. The topological polar surface area (TPSA) is 35.8 Å². The molecule has 74 valence electrons. The number of benzene rings is 1. The zero-order chi connectivity index (χ0) is 10.6. The number of halogens is 2. The zero-order valence-electron chi connectivity index (χ0n) is 7.72. The number of anilines is 1. The van der Waals surface area contributed by atoms with Crippen molar-refractivity contribution in [2.24, 2.45) is 0 Å². The van der Waals surface area contributed by atoms with Gasteiger partial charge in [-0.3, -0.25) is 0 Å². The first-order valence-corrected chi connectivity index (χ1v) is 4.60. The highest BCUT2D eigenvalue weighted by atomic mass is 35.5. The highest BCUT2D eigenvalue weighted by Crippen LogP contribution is 2.19. The van der Waals surface area contributed by atoms with E-state index in [0.29, 0.717) is 12.1 Å². The molecule has 0 radical (unpaired) electrons. The van der Waals surface area contributed by atoms with Gasteiger partial charge in [0.2, 0.25) is 0 Å². The van der Waals surface area contributed by atoms with Crippen LogP contribution in [-0.4, -0.2) is 6.04 Å². The fraction of sp³-hybridized carbons (Fsp3) is 0.300. The van der Waals surface area contributed by atoms with Gasteiger partial charge in [0.15, 0.2) is 0 Å². The minimum atomic E-state index is -0.458. The normalized spacial score (nSPS) is 11.9. The van der Waals surface area contributed by atoms with Gasteiger partial charge in [0, 0.05) is 11.7 Å². The first-order valence-electron chi connectivity index (χ1n) is 4.22. The third kappa shape index (κ3) is 2.90. The predicted molar refractivity (Wildman–Crippen MR) is 54.7 cm³/mol. The van der Waals surface area contributed by atoms with E-state index in [4.69, 9.17) is 16.9 Å². The molecule has 0 heterocycles. The van der Waals surface area contributed by atoms with Crippen molar-refractivity contribution in [2.45, 2.75) is 19.4 Å². The van der Waals surface area contributed by atoms with Crippen LogP contribution in [0.2, 0.25) is 5.02 Å². The molecule has 0 fully saturated rings. The number of nitrogens with one attached hydrogen (secondary N) is 1. The molecule has 0 aliphatic carbocycles. The lowest BCUT2D eigenvalue weighted by Crippen LogP contribution is -2.13. The fourth-order valence-electron chi connectivity index (χ4n) is 1.06. The molecule has 2 nitrogen and oxygen atoms in total. The van der Waals surface area contributed by atoms with Gasteiger partial charge in [-0.2, -0.15) is 5.26 Å². The predicted octanol–water partition coefficient (Wildman–Crippen LogP) is 3.19. The van der Waals surface area contributed by atoms with Crippen LogP contribution >= 0.6 is 11.6 Å². The van der Waals surface area contributed by atoms with E-state index < -0.39 is 5.82 Å². The second-order valence-electron chi connectivity index (χ2n) is 3.04. The summed E-state index contributed by atoms with van der Waals surface area (Å²) >= 11 is 5.52. The summed E-state index contributed by atoms with van der Waals surface area (Å²) < 4.78 is 13.0. The summed E-state index contributed by atoms with van der Waals surface area (Å²) in [6.45, 7) is 1.86. The summed E-state index contributed by atoms with van der Waals surface area (Å²) in [6, 6.07) is 6.51. The minimum absolute atomic E-state index is 0.000533. The Labute approximate surface area is 87.3 Å². The molecule has 1 N–H and O–H groups in total. The summed E-state index contributed by atoms with van der Waals surface area (Å²) in [5.74, 6) is -0.458. The van der Waals surface area contributed by atoms with Crippen LogP contribution in [0.15, 0.2) is 18.2 Å². The van der Waals surface area contributed by atoms with Gasteiger partial charge in [-0.25, -0.2) is 4.39 Å². The van der Waals surface area contributed by atoms with E-state index in [0.717, 1.165) is 0 Å². The maximum atomic E-state index is 13.0. The zero-order valence-corrected chi connectivity index (χ0v) is 8.48. The van der Waals surface area contributed by atoms with E-state index in [1.807, 2.05) is 13.0 Å². The average molecular weight is 213 g/mol. The molecule has 1 atom stereocenters. The number of hydrogen-bond donors (Lipinski definition) is 1. The Hall–Kier alpha value is -1.27. The molecular weight excluding hydrogens is 203 g/mol. The van der Waals surface area contributed by atoms with Crippen LogP contribution in [0.4, 0.5) is 10.1 Å². The quantitative estimate of drug-likeness (QED) is 0.835. The number of rotatable bonds is 3. The Bertz CT molecular complexity index is 360. The third-order valence-corrected chi connectivity index (χ3v) is 2.04. The lowest BCUT2D eigenvalue weighted by atomic mass is 10.2. The van der Waals surface area contributed by atoms with Gasteiger partial charge >= 0.3 is 0 Å². The maximum absolute atomic E-state index is 13.0. The standard InChI is InChI=1S/C10H10ClFN2/c1-7(4-5-13)14-8-2-3-9(11)10(12)6-8/h2-3,6-7,14H,4H2,1H3. The van der Waals surface area contributed by atoms with E-state index in [2.05, 4.69) is 5.32 Å². The van der Waals surface area contributed by atoms with Crippen LogP contribution in [-0.2, 0) is 0 Å². The van der Waals surface area contributed by atoms with Crippen molar-refractivity contribution >= 4 is 17.3 Å². The van der Waals surface area contributed by atoms with Gasteiger partial charge in [-0.1, -0.05) is 11.6 Å². The molecular formula is C10H10ClFN2. The van der Waals surface area contributed by atoms with Crippen molar-refractivity contribution in [1.29, 1.82) is 5.26 Å². The van der Waals surface area contributed by atoms with Gasteiger partial charge < -0.3 is 5.32 Å². The molecule has 1 aromatic rings. The molecule has 1 rings (SSSR count). The van der Waals surface area contributed by atoms with Gasteiger partial charge in [0.1, 0.15) is 5.82 Å². The molecule has 0 aromatic heterocycles. The highest BCUT2D eigenvalue weighted by Gasteiger charge is 2.03. The molecule has 0 spiro atoms. The smallest absolute Gasteiger partial charge is 0.143 e. The Balaban J connectivity index is 2.69. The second-order valence-corrected chi connectivity index (χ2v) is 3.44. The van der Waals surface area contributed by atoms with Crippen LogP contribution in [0.25, 0.3) is 0 Å². The Morgan fingerprint density at radius 1 is 1.64 bits per heavy atom. The van der Waals surface area contributed by atoms with E-state index >= 15 is 0 Å². The van der Waals surface area contributed by atoms with Gasteiger partial charge in [-0.15, -0.1) is 0 Å². The summed E-state index contributed by atoms with van der Waals surface area (Å²) in [5, 5.41) is 11.5. The highest BCUT2D eigenvalue weighted by molar-refractivity contribution is 6.30. The monoisotopic (exact) mass is 212 g/mol. The van der Waals surface area contributed by atoms with E-state index in [9.17, 15) is 4.39 Å². The fourth-order valence-corrected chi connectivity index (χ4v) is 1.18. The molecule has 0 amide bonds. The van der Waals surface area contributed by atoms with Crippen LogP contribution in [0.1, 0.15) is 13.3 Å². The number of hydrogen-bond acceptors (Lipinski definition) is 2. The van der Waals surface area contributed by atoms with Gasteiger partial charge in [-0.05, 0) is 25.1 Å². The summed E-state index contributed by atoms with van der Waals surface area (Å²) in [7, 11) is 0. The molecule has 0 aliphatic rings. The minimum Gasteiger partial charge on any atom is -0.381 e. The van der Waals surface area contributed by atoms with Crippen molar-refractivity contribution < 1.29 is 4.39 Å². The molecule has 0 saturated carbocycles. The van der Waals surface area contributed by atoms with Gasteiger partial charge in [0.05, 0.1) is 17.5 Å². The van der Waals surface area contributed by atoms with E-state index in [-0.39, 0.29) is 11.1 Å². The SMILES string of the molecule is CC(CC#N)Nc1ccc(Cl)c(F)c1. The molecule has 1 aromatic carbocycles. The van der Waals surface area contributed by atoms with Crippen LogP contribution in [0.5, 0.6) is 0 Å².